The third-order valence-electron chi connectivity index (χ3n) is 5.83. The highest BCUT2D eigenvalue weighted by atomic mass is 16.5. The van der Waals surface area contributed by atoms with Crippen LogP contribution in [-0.2, 0) is 4.74 Å². The lowest BCUT2D eigenvalue weighted by Crippen LogP contribution is -2.51. The Morgan fingerprint density at radius 2 is 2.00 bits per heavy atom. The second-order valence-corrected chi connectivity index (χ2v) is 7.99. The summed E-state index contributed by atoms with van der Waals surface area (Å²) in [5.74, 6) is 0.662. The predicted octanol–water partition coefficient (Wildman–Crippen LogP) is 3.16. The van der Waals surface area contributed by atoms with Crippen LogP contribution in [0, 0.1) is 0 Å². The van der Waals surface area contributed by atoms with E-state index in [0.29, 0.717) is 12.2 Å². The number of anilines is 2. The minimum atomic E-state index is -0.946. The number of piperazine rings is 1. The highest BCUT2D eigenvalue weighted by Gasteiger charge is 2.22. The fraction of sp³-hybridized carbons (Fsp3) is 0.417. The van der Waals surface area contributed by atoms with Crippen LogP contribution in [0.5, 0.6) is 5.75 Å². The second-order valence-electron chi connectivity index (χ2n) is 7.99. The van der Waals surface area contributed by atoms with Crippen LogP contribution in [0.2, 0.25) is 0 Å². The zero-order chi connectivity index (χ0) is 22.3. The van der Waals surface area contributed by atoms with Crippen molar-refractivity contribution in [3.63, 3.8) is 0 Å². The first kappa shape index (κ1) is 22.0. The molecule has 2 aliphatic rings. The molecule has 0 spiro atoms. The highest BCUT2D eigenvalue weighted by molar-refractivity contribution is 5.96. The Morgan fingerprint density at radius 3 is 2.72 bits per heavy atom. The SMILES string of the molecule is COc1cccc(N2CCN(C(=NC[C@@H]3CCCO3)Nc3cccc(C(=O)O)c3)CC2)c1. The summed E-state index contributed by atoms with van der Waals surface area (Å²) >= 11 is 0. The molecule has 2 aromatic carbocycles. The van der Waals surface area contributed by atoms with E-state index >= 15 is 0 Å². The van der Waals surface area contributed by atoms with E-state index in [0.717, 1.165) is 63.0 Å². The summed E-state index contributed by atoms with van der Waals surface area (Å²) in [6.45, 7) is 4.69. The van der Waals surface area contributed by atoms with Gasteiger partial charge in [-0.2, -0.15) is 0 Å². The molecule has 8 heteroatoms. The van der Waals surface area contributed by atoms with Crippen LogP contribution in [0.15, 0.2) is 53.5 Å². The van der Waals surface area contributed by atoms with Gasteiger partial charge < -0.3 is 29.7 Å². The lowest BCUT2D eigenvalue weighted by molar-refractivity contribution is 0.0697. The van der Waals surface area contributed by atoms with Crippen molar-refractivity contribution >= 4 is 23.3 Å². The number of benzene rings is 2. The van der Waals surface area contributed by atoms with Gasteiger partial charge in [0.2, 0.25) is 0 Å². The lowest BCUT2D eigenvalue weighted by atomic mass is 10.2. The van der Waals surface area contributed by atoms with Gasteiger partial charge in [-0.3, -0.25) is 4.99 Å². The Bertz CT molecular complexity index is 951. The topological polar surface area (TPSA) is 86.6 Å². The van der Waals surface area contributed by atoms with E-state index < -0.39 is 5.97 Å². The summed E-state index contributed by atoms with van der Waals surface area (Å²) in [6, 6.07) is 14.9. The first-order valence-electron chi connectivity index (χ1n) is 11.0. The molecule has 0 aliphatic carbocycles. The summed E-state index contributed by atoms with van der Waals surface area (Å²) in [7, 11) is 1.68. The van der Waals surface area contributed by atoms with Crippen molar-refractivity contribution in [2.24, 2.45) is 4.99 Å². The van der Waals surface area contributed by atoms with Crippen molar-refractivity contribution in [2.45, 2.75) is 18.9 Å². The summed E-state index contributed by atoms with van der Waals surface area (Å²) in [4.78, 5) is 20.8. The lowest BCUT2D eigenvalue weighted by Gasteiger charge is -2.38. The third kappa shape index (κ3) is 5.50. The van der Waals surface area contributed by atoms with Gasteiger partial charge >= 0.3 is 5.97 Å². The van der Waals surface area contributed by atoms with Crippen molar-refractivity contribution in [3.05, 3.63) is 54.1 Å². The fourth-order valence-corrected chi connectivity index (χ4v) is 4.04. The van der Waals surface area contributed by atoms with Gasteiger partial charge in [0.15, 0.2) is 5.96 Å². The van der Waals surface area contributed by atoms with Crippen LogP contribution < -0.4 is 15.0 Å². The molecule has 0 unspecified atom stereocenters. The molecule has 0 aromatic heterocycles. The number of methoxy groups -OCH3 is 1. The van der Waals surface area contributed by atoms with Crippen LogP contribution in [0.3, 0.4) is 0 Å². The molecule has 2 fully saturated rings. The zero-order valence-corrected chi connectivity index (χ0v) is 18.4. The Morgan fingerprint density at radius 1 is 1.19 bits per heavy atom. The molecule has 32 heavy (non-hydrogen) atoms. The van der Waals surface area contributed by atoms with Gasteiger partial charge in [0.05, 0.1) is 25.3 Å². The molecule has 170 valence electrons. The Kier molecular flexibility index (Phi) is 7.11. The van der Waals surface area contributed by atoms with Crippen LogP contribution in [-0.4, -0.2) is 74.5 Å². The minimum Gasteiger partial charge on any atom is -0.497 e. The molecule has 0 amide bonds. The quantitative estimate of drug-likeness (QED) is 0.529. The van der Waals surface area contributed by atoms with Gasteiger partial charge in [-0.25, -0.2) is 4.79 Å². The zero-order valence-electron chi connectivity index (χ0n) is 18.4. The maximum absolute atomic E-state index is 11.4. The standard InChI is InChI=1S/C24H30N4O4/c1-31-21-8-3-7-20(16-21)27-10-12-28(13-11-27)24(25-17-22-9-4-14-32-22)26-19-6-2-5-18(15-19)23(29)30/h2-3,5-8,15-16,22H,4,9-14,17H2,1H3,(H,25,26)(H,29,30)/t22-/m0/s1. The van der Waals surface area contributed by atoms with E-state index in [2.05, 4.69) is 27.2 Å². The number of carboxylic acid groups (broad SMARTS) is 1. The first-order valence-corrected chi connectivity index (χ1v) is 11.0. The first-order chi connectivity index (χ1) is 15.6. The molecule has 0 bridgehead atoms. The molecule has 2 aliphatic heterocycles. The second kappa shape index (κ2) is 10.4. The number of aliphatic imine (C=N–C) groups is 1. The maximum atomic E-state index is 11.4. The molecule has 8 nitrogen and oxygen atoms in total. The van der Waals surface area contributed by atoms with Crippen molar-refractivity contribution in [3.8, 4) is 5.75 Å². The van der Waals surface area contributed by atoms with Gasteiger partial charge in [0.25, 0.3) is 0 Å². The van der Waals surface area contributed by atoms with Crippen molar-refractivity contribution < 1.29 is 19.4 Å². The van der Waals surface area contributed by atoms with Gasteiger partial charge in [-0.05, 0) is 43.2 Å². The van der Waals surface area contributed by atoms with Crippen molar-refractivity contribution in [2.75, 3.05) is 56.7 Å². The summed E-state index contributed by atoms with van der Waals surface area (Å²) in [5.41, 5.74) is 2.10. The van der Waals surface area contributed by atoms with Crippen LogP contribution >= 0.6 is 0 Å². The fourth-order valence-electron chi connectivity index (χ4n) is 4.04. The summed E-state index contributed by atoms with van der Waals surface area (Å²) in [6.07, 6.45) is 2.24. The van der Waals surface area contributed by atoms with Crippen molar-refractivity contribution in [1.29, 1.82) is 0 Å². The Hall–Kier alpha value is -3.26. The number of ether oxygens (including phenoxy) is 2. The number of carbonyl (C=O) groups is 1. The summed E-state index contributed by atoms with van der Waals surface area (Å²) < 4.78 is 11.1. The number of nitrogens with one attached hydrogen (secondary N) is 1. The Labute approximate surface area is 188 Å². The predicted molar refractivity (Wildman–Crippen MR) is 125 cm³/mol. The number of hydrogen-bond donors (Lipinski definition) is 2. The van der Waals surface area contributed by atoms with Gasteiger partial charge in [-0.1, -0.05) is 12.1 Å². The van der Waals surface area contributed by atoms with Crippen molar-refractivity contribution in [1.82, 2.24) is 4.90 Å². The number of nitrogens with zero attached hydrogens (tertiary/aromatic N) is 3. The molecule has 2 heterocycles. The average molecular weight is 439 g/mol. The number of guanidine groups is 1. The summed E-state index contributed by atoms with van der Waals surface area (Å²) in [5, 5.41) is 12.7. The number of rotatable bonds is 6. The van der Waals surface area contributed by atoms with Crippen LogP contribution in [0.25, 0.3) is 0 Å². The van der Waals surface area contributed by atoms with Crippen LogP contribution in [0.4, 0.5) is 11.4 Å². The molecule has 1 atom stereocenters. The molecule has 0 saturated carbocycles. The average Bonchev–Trinajstić information content (AvgIpc) is 3.36. The molecule has 2 aromatic rings. The van der Waals surface area contributed by atoms with E-state index in [1.54, 1.807) is 25.3 Å². The van der Waals surface area contributed by atoms with E-state index in [9.17, 15) is 9.90 Å². The largest absolute Gasteiger partial charge is 0.497 e. The molecule has 2 N–H and O–H groups in total. The molecule has 0 radical (unpaired) electrons. The van der Waals surface area contributed by atoms with Crippen LogP contribution in [0.1, 0.15) is 23.2 Å². The molecule has 2 saturated heterocycles. The normalized spacial score (nSPS) is 19.2. The van der Waals surface area contributed by atoms with E-state index in [1.807, 2.05) is 18.2 Å². The Balaban J connectivity index is 1.46. The van der Waals surface area contributed by atoms with E-state index in [4.69, 9.17) is 14.5 Å². The third-order valence-corrected chi connectivity index (χ3v) is 5.83. The number of aromatic carboxylic acids is 1. The number of hydrogen-bond acceptors (Lipinski definition) is 5. The molecular formula is C24H30N4O4. The highest BCUT2D eigenvalue weighted by Crippen LogP contribution is 2.22. The van der Waals surface area contributed by atoms with E-state index in [1.165, 1.54) is 0 Å². The van der Waals surface area contributed by atoms with E-state index in [-0.39, 0.29) is 11.7 Å². The van der Waals surface area contributed by atoms with Gasteiger partial charge in [0.1, 0.15) is 5.75 Å². The van der Waals surface area contributed by atoms with Gasteiger partial charge in [0, 0.05) is 50.2 Å². The maximum Gasteiger partial charge on any atom is 0.335 e. The monoisotopic (exact) mass is 438 g/mol. The van der Waals surface area contributed by atoms with Gasteiger partial charge in [-0.15, -0.1) is 0 Å². The minimum absolute atomic E-state index is 0.148. The molecular weight excluding hydrogens is 408 g/mol. The number of carboxylic acids is 1. The molecule has 4 rings (SSSR count). The smallest absolute Gasteiger partial charge is 0.335 e.